The van der Waals surface area contributed by atoms with E-state index in [1.54, 1.807) is 0 Å². The van der Waals surface area contributed by atoms with Gasteiger partial charge in [0, 0.05) is 24.7 Å². The van der Waals surface area contributed by atoms with E-state index in [0.717, 1.165) is 0 Å². The average molecular weight is 226 g/mol. The second-order valence-electron chi connectivity index (χ2n) is 4.28. The SMILES string of the molecule is O=C(O)[C@@H]1[C@H](C(=O)O)[C@H]2CC(=O)[C@H]1CC2=O. The number of carboxylic acids is 2. The number of rotatable bonds is 2. The molecule has 3 rings (SSSR count). The maximum atomic E-state index is 11.5. The van der Waals surface area contributed by atoms with Gasteiger partial charge >= 0.3 is 11.9 Å². The molecule has 4 atom stereocenters. The van der Waals surface area contributed by atoms with E-state index in [9.17, 15) is 19.2 Å². The van der Waals surface area contributed by atoms with E-state index in [-0.39, 0.29) is 24.4 Å². The number of carbonyl (C=O) groups excluding carboxylic acids is 2. The molecule has 0 unspecified atom stereocenters. The van der Waals surface area contributed by atoms with E-state index in [1.165, 1.54) is 0 Å². The second-order valence-corrected chi connectivity index (χ2v) is 4.28. The quantitative estimate of drug-likeness (QED) is 0.661. The van der Waals surface area contributed by atoms with Crippen molar-refractivity contribution in [3.8, 4) is 0 Å². The zero-order chi connectivity index (χ0) is 12.0. The Labute approximate surface area is 90.2 Å². The molecular formula is C10H10O6. The van der Waals surface area contributed by atoms with Gasteiger partial charge in [-0.1, -0.05) is 0 Å². The number of hydrogen-bond donors (Lipinski definition) is 2. The van der Waals surface area contributed by atoms with E-state index in [0.29, 0.717) is 0 Å². The molecule has 0 radical (unpaired) electrons. The fraction of sp³-hybridized carbons (Fsp3) is 0.600. The summed E-state index contributed by atoms with van der Waals surface area (Å²) in [5, 5.41) is 17.9. The van der Waals surface area contributed by atoms with Crippen molar-refractivity contribution in [1.29, 1.82) is 0 Å². The lowest BCUT2D eigenvalue weighted by Crippen LogP contribution is -2.55. The van der Waals surface area contributed by atoms with Gasteiger partial charge in [-0.25, -0.2) is 0 Å². The lowest BCUT2D eigenvalue weighted by molar-refractivity contribution is -0.172. The van der Waals surface area contributed by atoms with E-state index < -0.39 is 35.6 Å². The molecule has 0 heterocycles. The van der Waals surface area contributed by atoms with Crippen molar-refractivity contribution in [1.82, 2.24) is 0 Å². The fourth-order valence-corrected chi connectivity index (χ4v) is 2.77. The van der Waals surface area contributed by atoms with Crippen molar-refractivity contribution in [2.75, 3.05) is 0 Å². The predicted molar refractivity (Wildman–Crippen MR) is 48.5 cm³/mol. The molecule has 2 N–H and O–H groups in total. The Morgan fingerprint density at radius 3 is 1.44 bits per heavy atom. The minimum absolute atomic E-state index is 0.121. The third-order valence-corrected chi connectivity index (χ3v) is 3.49. The number of Topliss-reactive ketones (excluding diaryl/α,β-unsaturated/α-hetero) is 2. The van der Waals surface area contributed by atoms with Crippen LogP contribution in [0, 0.1) is 23.7 Å². The molecule has 16 heavy (non-hydrogen) atoms. The van der Waals surface area contributed by atoms with Crippen LogP contribution < -0.4 is 0 Å². The second kappa shape index (κ2) is 3.40. The summed E-state index contributed by atoms with van der Waals surface area (Å²) in [6.45, 7) is 0. The van der Waals surface area contributed by atoms with Crippen LogP contribution in [0.2, 0.25) is 0 Å². The molecule has 0 aromatic rings. The summed E-state index contributed by atoms with van der Waals surface area (Å²) in [6, 6.07) is 0. The van der Waals surface area contributed by atoms with Gasteiger partial charge in [0.15, 0.2) is 0 Å². The van der Waals surface area contributed by atoms with Crippen LogP contribution in [0.4, 0.5) is 0 Å². The van der Waals surface area contributed by atoms with E-state index >= 15 is 0 Å². The molecule has 0 aliphatic heterocycles. The number of hydrogen-bond acceptors (Lipinski definition) is 4. The average Bonchev–Trinajstić information content (AvgIpc) is 2.17. The monoisotopic (exact) mass is 226 g/mol. The lowest BCUT2D eigenvalue weighted by atomic mass is 9.57. The van der Waals surface area contributed by atoms with Crippen molar-refractivity contribution >= 4 is 23.5 Å². The highest BCUT2D eigenvalue weighted by Gasteiger charge is 2.57. The molecule has 0 saturated heterocycles. The van der Waals surface area contributed by atoms with Gasteiger partial charge in [-0.05, 0) is 0 Å². The summed E-state index contributed by atoms with van der Waals surface area (Å²) in [7, 11) is 0. The molecule has 0 amide bonds. The van der Waals surface area contributed by atoms with Crippen LogP contribution in [-0.4, -0.2) is 33.7 Å². The van der Waals surface area contributed by atoms with E-state index in [1.807, 2.05) is 0 Å². The zero-order valence-electron chi connectivity index (χ0n) is 8.25. The van der Waals surface area contributed by atoms with Crippen LogP contribution in [0.15, 0.2) is 0 Å². The molecule has 3 saturated carbocycles. The highest BCUT2D eigenvalue weighted by molar-refractivity contribution is 6.04. The van der Waals surface area contributed by atoms with Crippen LogP contribution in [0.5, 0.6) is 0 Å². The van der Waals surface area contributed by atoms with Gasteiger partial charge in [-0.15, -0.1) is 0 Å². The summed E-state index contributed by atoms with van der Waals surface area (Å²) < 4.78 is 0. The van der Waals surface area contributed by atoms with E-state index in [4.69, 9.17) is 10.2 Å². The molecule has 0 aromatic heterocycles. The summed E-state index contributed by atoms with van der Waals surface area (Å²) in [4.78, 5) is 44.9. The predicted octanol–water partition coefficient (Wildman–Crippen LogP) is -0.434. The Kier molecular flexibility index (Phi) is 2.29. The number of carbonyl (C=O) groups is 4. The van der Waals surface area contributed by atoms with Crippen molar-refractivity contribution in [3.63, 3.8) is 0 Å². The van der Waals surface area contributed by atoms with Crippen LogP contribution in [0.1, 0.15) is 12.8 Å². The first kappa shape index (κ1) is 10.8. The minimum Gasteiger partial charge on any atom is -0.481 e. The molecule has 6 heteroatoms. The third-order valence-electron chi connectivity index (χ3n) is 3.49. The Hall–Kier alpha value is -1.72. The summed E-state index contributed by atoms with van der Waals surface area (Å²) in [5.41, 5.74) is 0. The maximum absolute atomic E-state index is 11.5. The van der Waals surface area contributed by atoms with Gasteiger partial charge in [0.1, 0.15) is 11.6 Å². The third kappa shape index (κ3) is 1.33. The van der Waals surface area contributed by atoms with Gasteiger partial charge in [0.05, 0.1) is 11.8 Å². The zero-order valence-corrected chi connectivity index (χ0v) is 8.25. The largest absolute Gasteiger partial charge is 0.481 e. The molecule has 86 valence electrons. The van der Waals surface area contributed by atoms with Crippen molar-refractivity contribution in [2.24, 2.45) is 23.7 Å². The first-order valence-corrected chi connectivity index (χ1v) is 4.94. The molecule has 3 aliphatic carbocycles. The first-order chi connectivity index (χ1) is 7.43. The van der Waals surface area contributed by atoms with Crippen molar-refractivity contribution in [3.05, 3.63) is 0 Å². The molecular weight excluding hydrogens is 216 g/mol. The van der Waals surface area contributed by atoms with Crippen molar-refractivity contribution < 1.29 is 29.4 Å². The van der Waals surface area contributed by atoms with Gasteiger partial charge in [0.25, 0.3) is 0 Å². The number of aliphatic carboxylic acids is 2. The smallest absolute Gasteiger partial charge is 0.308 e. The highest BCUT2D eigenvalue weighted by Crippen LogP contribution is 2.45. The van der Waals surface area contributed by atoms with Crippen LogP contribution in [0.25, 0.3) is 0 Å². The number of carboxylic acid groups (broad SMARTS) is 2. The van der Waals surface area contributed by atoms with Crippen LogP contribution in [0.3, 0.4) is 0 Å². The molecule has 0 aromatic carbocycles. The number of fused-ring (bicyclic) bond motifs is 3. The molecule has 3 aliphatic rings. The normalized spacial score (nSPS) is 37.5. The standard InChI is InChI=1S/C10H10O6/c11-5-1-3-6(12)2-4(5)8(10(15)16)7(3)9(13)14/h3-4,7-8H,1-2H2,(H,13,14)(H,15,16)/t3-,4+,7+,8-. The Morgan fingerprint density at radius 1 is 0.875 bits per heavy atom. The molecule has 0 spiro atoms. The Bertz CT molecular complexity index is 360. The summed E-state index contributed by atoms with van der Waals surface area (Å²) >= 11 is 0. The molecule has 3 fully saturated rings. The fourth-order valence-electron chi connectivity index (χ4n) is 2.77. The Morgan fingerprint density at radius 2 is 1.19 bits per heavy atom. The van der Waals surface area contributed by atoms with Gasteiger partial charge < -0.3 is 10.2 Å². The van der Waals surface area contributed by atoms with Crippen molar-refractivity contribution in [2.45, 2.75) is 12.8 Å². The number of ketones is 2. The maximum Gasteiger partial charge on any atom is 0.308 e. The Balaban J connectivity index is 2.43. The van der Waals surface area contributed by atoms with Gasteiger partial charge in [0.2, 0.25) is 0 Å². The van der Waals surface area contributed by atoms with E-state index in [2.05, 4.69) is 0 Å². The van der Waals surface area contributed by atoms with Crippen LogP contribution >= 0.6 is 0 Å². The molecule has 6 nitrogen and oxygen atoms in total. The molecule has 2 bridgehead atoms. The van der Waals surface area contributed by atoms with Gasteiger partial charge in [-0.3, -0.25) is 19.2 Å². The van der Waals surface area contributed by atoms with Crippen LogP contribution in [-0.2, 0) is 19.2 Å². The summed E-state index contributed by atoms with van der Waals surface area (Å²) in [6.07, 6.45) is -0.242. The first-order valence-electron chi connectivity index (χ1n) is 4.94. The highest BCUT2D eigenvalue weighted by atomic mass is 16.4. The minimum atomic E-state index is -1.30. The lowest BCUT2D eigenvalue weighted by Gasteiger charge is -2.42. The topological polar surface area (TPSA) is 109 Å². The van der Waals surface area contributed by atoms with Gasteiger partial charge in [-0.2, -0.15) is 0 Å². The summed E-state index contributed by atoms with van der Waals surface area (Å²) in [5.74, 6) is -7.59.